The van der Waals surface area contributed by atoms with Gasteiger partial charge in [-0.3, -0.25) is 4.90 Å². The third kappa shape index (κ3) is 3.66. The molecule has 1 saturated heterocycles. The van der Waals surface area contributed by atoms with Crippen LogP contribution in [0.3, 0.4) is 0 Å². The van der Waals surface area contributed by atoms with Crippen LogP contribution in [-0.4, -0.2) is 43.2 Å². The molecule has 1 atom stereocenters. The average molecular weight is 330 g/mol. The predicted octanol–water partition coefficient (Wildman–Crippen LogP) is 1.83. The van der Waals surface area contributed by atoms with Crippen molar-refractivity contribution < 1.29 is 10.2 Å². The molecule has 0 amide bonds. The van der Waals surface area contributed by atoms with Crippen molar-refractivity contribution in [3.63, 3.8) is 0 Å². The topological polar surface area (TPSA) is 74.4 Å². The van der Waals surface area contributed by atoms with E-state index in [9.17, 15) is 5.11 Å². The Bertz CT molecular complexity index is 668. The molecule has 0 radical (unpaired) electrons. The molecule has 2 aromatic rings. The van der Waals surface area contributed by atoms with E-state index in [1.807, 2.05) is 44.3 Å². The fourth-order valence-electron chi connectivity index (χ4n) is 3.22. The van der Waals surface area contributed by atoms with Gasteiger partial charge in [0, 0.05) is 19.1 Å². The van der Waals surface area contributed by atoms with Gasteiger partial charge in [-0.15, -0.1) is 5.10 Å². The Labute approximate surface area is 142 Å². The number of aromatic nitrogens is 3. The van der Waals surface area contributed by atoms with Crippen LogP contribution in [0, 0.1) is 0 Å². The van der Waals surface area contributed by atoms with Crippen LogP contribution in [0.5, 0.6) is 0 Å². The molecule has 6 nitrogen and oxygen atoms in total. The minimum Gasteiger partial charge on any atom is -0.392 e. The lowest BCUT2D eigenvalue weighted by Gasteiger charge is -2.38. The predicted molar refractivity (Wildman–Crippen MR) is 91.2 cm³/mol. The third-order valence-electron chi connectivity index (χ3n) is 4.68. The van der Waals surface area contributed by atoms with Crippen molar-refractivity contribution in [3.8, 4) is 0 Å². The van der Waals surface area contributed by atoms with Gasteiger partial charge in [-0.05, 0) is 44.4 Å². The quantitative estimate of drug-likeness (QED) is 0.875. The van der Waals surface area contributed by atoms with Gasteiger partial charge >= 0.3 is 0 Å². The van der Waals surface area contributed by atoms with Gasteiger partial charge in [0.25, 0.3) is 0 Å². The number of hydrogen-bond acceptors (Lipinski definition) is 5. The Hall–Kier alpha value is -1.76. The first-order chi connectivity index (χ1) is 11.5. The summed E-state index contributed by atoms with van der Waals surface area (Å²) in [6.07, 6.45) is 3.51. The van der Waals surface area contributed by atoms with Crippen LogP contribution in [0.4, 0.5) is 0 Å². The van der Waals surface area contributed by atoms with E-state index in [2.05, 4.69) is 15.2 Å². The summed E-state index contributed by atoms with van der Waals surface area (Å²) in [6.45, 7) is 6.47. The van der Waals surface area contributed by atoms with E-state index in [4.69, 9.17) is 5.11 Å². The van der Waals surface area contributed by atoms with E-state index in [0.717, 1.165) is 25.1 Å². The minimum absolute atomic E-state index is 0.0647. The largest absolute Gasteiger partial charge is 0.392 e. The first-order valence-corrected chi connectivity index (χ1v) is 8.56. The zero-order valence-electron chi connectivity index (χ0n) is 14.4. The molecule has 1 aromatic heterocycles. The number of likely N-dealkylation sites (tertiary alicyclic amines) is 1. The highest BCUT2D eigenvalue weighted by molar-refractivity contribution is 5.22. The summed E-state index contributed by atoms with van der Waals surface area (Å²) >= 11 is 0. The molecule has 0 bridgehead atoms. The average Bonchev–Trinajstić information content (AvgIpc) is 3.07. The van der Waals surface area contributed by atoms with Crippen LogP contribution in [0.15, 0.2) is 30.5 Å². The zero-order chi connectivity index (χ0) is 17.2. The Morgan fingerprint density at radius 2 is 1.92 bits per heavy atom. The molecule has 1 aromatic carbocycles. The maximum absolute atomic E-state index is 11.1. The molecule has 0 unspecified atom stereocenters. The van der Waals surface area contributed by atoms with Crippen LogP contribution in [0.1, 0.15) is 49.6 Å². The van der Waals surface area contributed by atoms with Crippen molar-refractivity contribution in [1.29, 1.82) is 0 Å². The first kappa shape index (κ1) is 17.1. The lowest BCUT2D eigenvalue weighted by molar-refractivity contribution is -0.0414. The van der Waals surface area contributed by atoms with E-state index < -0.39 is 5.60 Å². The second-order valence-electron chi connectivity index (χ2n) is 7.00. The number of rotatable bonds is 5. The van der Waals surface area contributed by atoms with Crippen LogP contribution in [0.25, 0.3) is 0 Å². The molecule has 0 spiro atoms. The Morgan fingerprint density at radius 3 is 2.54 bits per heavy atom. The second-order valence-corrected chi connectivity index (χ2v) is 7.00. The Balaban J connectivity index is 1.70. The summed E-state index contributed by atoms with van der Waals surface area (Å²) in [5, 5.41) is 28.5. The van der Waals surface area contributed by atoms with Crippen molar-refractivity contribution >= 4 is 0 Å². The number of piperidine rings is 1. The van der Waals surface area contributed by atoms with Gasteiger partial charge in [0.1, 0.15) is 11.3 Å². The highest BCUT2D eigenvalue weighted by Gasteiger charge is 2.37. The third-order valence-corrected chi connectivity index (χ3v) is 4.68. The standard InChI is InChI=1S/C18H26N4O2/c1-14(2)22-11-17(19-20-22)18(24)8-3-9-21(13-18)10-15-4-6-16(12-23)7-5-15/h4-7,11,14,23-24H,3,8-10,12-13H2,1-2H3/t18-/m0/s1. The molecule has 6 heteroatoms. The zero-order valence-corrected chi connectivity index (χ0v) is 14.4. The summed E-state index contributed by atoms with van der Waals surface area (Å²) < 4.78 is 1.79. The summed E-state index contributed by atoms with van der Waals surface area (Å²) in [4.78, 5) is 2.26. The number of benzene rings is 1. The first-order valence-electron chi connectivity index (χ1n) is 8.56. The molecule has 2 heterocycles. The van der Waals surface area contributed by atoms with E-state index in [-0.39, 0.29) is 12.6 Å². The molecule has 1 aliphatic heterocycles. The summed E-state index contributed by atoms with van der Waals surface area (Å²) in [5.74, 6) is 0. The van der Waals surface area contributed by atoms with Gasteiger partial charge in [0.2, 0.25) is 0 Å². The molecule has 1 fully saturated rings. The van der Waals surface area contributed by atoms with Gasteiger partial charge in [0.15, 0.2) is 0 Å². The smallest absolute Gasteiger partial charge is 0.123 e. The number of aliphatic hydroxyl groups excluding tert-OH is 1. The van der Waals surface area contributed by atoms with Gasteiger partial charge in [-0.2, -0.15) is 0 Å². The van der Waals surface area contributed by atoms with Crippen molar-refractivity contribution in [1.82, 2.24) is 19.9 Å². The van der Waals surface area contributed by atoms with Crippen LogP contribution in [0.2, 0.25) is 0 Å². The van der Waals surface area contributed by atoms with Crippen LogP contribution in [-0.2, 0) is 18.8 Å². The molecule has 24 heavy (non-hydrogen) atoms. The SMILES string of the molecule is CC(C)n1cc([C@]2(O)CCCN(Cc3ccc(CO)cc3)C2)nn1. The number of nitrogens with zero attached hydrogens (tertiary/aromatic N) is 4. The van der Waals surface area contributed by atoms with E-state index in [1.54, 1.807) is 4.68 Å². The summed E-state index contributed by atoms with van der Waals surface area (Å²) in [5.41, 5.74) is 1.83. The molecular formula is C18H26N4O2. The minimum atomic E-state index is -0.934. The molecule has 130 valence electrons. The normalized spacial score (nSPS) is 22.2. The molecular weight excluding hydrogens is 304 g/mol. The lowest BCUT2D eigenvalue weighted by atomic mass is 9.89. The maximum atomic E-state index is 11.1. The van der Waals surface area contributed by atoms with Crippen molar-refractivity contribution in [2.45, 2.75) is 51.5 Å². The summed E-state index contributed by atoms with van der Waals surface area (Å²) in [7, 11) is 0. The molecule has 0 saturated carbocycles. The number of hydrogen-bond donors (Lipinski definition) is 2. The van der Waals surface area contributed by atoms with E-state index in [0.29, 0.717) is 18.7 Å². The number of β-amino-alcohol motifs (C(OH)–C–C–N with tert-alkyl or cyclic N) is 1. The van der Waals surface area contributed by atoms with Gasteiger partial charge in [-0.25, -0.2) is 4.68 Å². The molecule has 2 N–H and O–H groups in total. The number of aliphatic hydroxyl groups is 2. The molecule has 1 aliphatic rings. The van der Waals surface area contributed by atoms with Gasteiger partial charge in [0.05, 0.1) is 12.8 Å². The highest BCUT2D eigenvalue weighted by atomic mass is 16.3. The Morgan fingerprint density at radius 1 is 1.21 bits per heavy atom. The van der Waals surface area contributed by atoms with E-state index >= 15 is 0 Å². The maximum Gasteiger partial charge on any atom is 0.123 e. The lowest BCUT2D eigenvalue weighted by Crippen LogP contribution is -2.45. The van der Waals surface area contributed by atoms with Crippen LogP contribution >= 0.6 is 0 Å². The van der Waals surface area contributed by atoms with Gasteiger partial charge in [-0.1, -0.05) is 29.5 Å². The Kier molecular flexibility index (Phi) is 4.99. The van der Waals surface area contributed by atoms with Crippen LogP contribution < -0.4 is 0 Å². The fourth-order valence-corrected chi connectivity index (χ4v) is 3.22. The molecule has 3 rings (SSSR count). The summed E-state index contributed by atoms with van der Waals surface area (Å²) in [6, 6.07) is 8.20. The monoisotopic (exact) mass is 330 g/mol. The molecule has 0 aliphatic carbocycles. The van der Waals surface area contributed by atoms with Gasteiger partial charge < -0.3 is 10.2 Å². The second kappa shape index (κ2) is 7.01. The van der Waals surface area contributed by atoms with E-state index in [1.165, 1.54) is 5.56 Å². The van der Waals surface area contributed by atoms with Crippen molar-refractivity contribution in [2.24, 2.45) is 0 Å². The fraction of sp³-hybridized carbons (Fsp3) is 0.556. The van der Waals surface area contributed by atoms with Crippen molar-refractivity contribution in [2.75, 3.05) is 13.1 Å². The highest BCUT2D eigenvalue weighted by Crippen LogP contribution is 2.31. The van der Waals surface area contributed by atoms with Crippen molar-refractivity contribution in [3.05, 3.63) is 47.3 Å².